The smallest absolute Gasteiger partial charge is 0.409 e. The molecule has 9 heteroatoms. The van der Waals surface area contributed by atoms with Gasteiger partial charge in [0.05, 0.1) is 18.1 Å². The third-order valence-electron chi connectivity index (χ3n) is 3.78. The number of carbonyl (C=O) groups is 1. The molecule has 1 amide bonds. The van der Waals surface area contributed by atoms with Crippen molar-refractivity contribution in [1.29, 1.82) is 0 Å². The summed E-state index contributed by atoms with van der Waals surface area (Å²) in [6.45, 7) is 4.02. The Morgan fingerprint density at radius 3 is 2.28 bits per heavy atom. The number of rotatable bonds is 7. The molecule has 0 radical (unpaired) electrons. The third-order valence-corrected chi connectivity index (χ3v) is 5.70. The zero-order chi connectivity index (χ0) is 18.3. The summed E-state index contributed by atoms with van der Waals surface area (Å²) in [6, 6.07) is 6.29. The van der Waals surface area contributed by atoms with Gasteiger partial charge in [0.2, 0.25) is 10.0 Å². The summed E-state index contributed by atoms with van der Waals surface area (Å²) in [7, 11) is -2.01. The maximum atomic E-state index is 12.7. The number of carbonyl (C=O) groups excluding carboxylic acids is 1. The van der Waals surface area contributed by atoms with Gasteiger partial charge < -0.3 is 19.1 Å². The molecule has 0 spiro atoms. The van der Waals surface area contributed by atoms with Crippen molar-refractivity contribution in [3.05, 3.63) is 24.3 Å². The van der Waals surface area contributed by atoms with Crippen molar-refractivity contribution in [3.8, 4) is 5.75 Å². The van der Waals surface area contributed by atoms with Crippen LogP contribution in [-0.4, -0.2) is 76.8 Å². The first-order valence-electron chi connectivity index (χ1n) is 8.12. The predicted molar refractivity (Wildman–Crippen MR) is 91.2 cm³/mol. The van der Waals surface area contributed by atoms with Crippen LogP contribution in [0, 0.1) is 0 Å². The highest BCUT2D eigenvalue weighted by atomic mass is 32.2. The first-order valence-corrected chi connectivity index (χ1v) is 9.56. The van der Waals surface area contributed by atoms with Gasteiger partial charge in [0.1, 0.15) is 12.4 Å². The zero-order valence-corrected chi connectivity index (χ0v) is 15.3. The molecule has 0 aliphatic carbocycles. The highest BCUT2D eigenvalue weighted by Gasteiger charge is 2.30. The fourth-order valence-corrected chi connectivity index (χ4v) is 3.85. The zero-order valence-electron chi connectivity index (χ0n) is 14.5. The quantitative estimate of drug-likeness (QED) is 0.668. The third kappa shape index (κ3) is 5.07. The molecule has 1 fully saturated rings. The second-order valence-corrected chi connectivity index (χ2v) is 7.34. The van der Waals surface area contributed by atoms with E-state index in [4.69, 9.17) is 14.2 Å². The molecular weight excluding hydrogens is 348 g/mol. The van der Waals surface area contributed by atoms with Gasteiger partial charge in [-0.2, -0.15) is 4.31 Å². The van der Waals surface area contributed by atoms with Crippen molar-refractivity contribution in [2.75, 3.05) is 53.1 Å². The minimum absolute atomic E-state index is 0.205. The van der Waals surface area contributed by atoms with Gasteiger partial charge in [-0.3, -0.25) is 0 Å². The fourth-order valence-electron chi connectivity index (χ4n) is 2.43. The van der Waals surface area contributed by atoms with Crippen LogP contribution < -0.4 is 4.74 Å². The molecule has 8 nitrogen and oxygen atoms in total. The number of hydrogen-bond donors (Lipinski definition) is 0. The van der Waals surface area contributed by atoms with E-state index in [9.17, 15) is 13.2 Å². The van der Waals surface area contributed by atoms with Crippen molar-refractivity contribution in [1.82, 2.24) is 9.21 Å². The molecule has 1 aliphatic rings. The largest absolute Gasteiger partial charge is 0.491 e. The van der Waals surface area contributed by atoms with Crippen LogP contribution in [0.25, 0.3) is 0 Å². The lowest BCUT2D eigenvalue weighted by atomic mass is 10.3. The second kappa shape index (κ2) is 9.02. The maximum Gasteiger partial charge on any atom is 0.409 e. The molecule has 1 aliphatic heterocycles. The number of amides is 1. The Bertz CT molecular complexity index is 654. The molecule has 0 saturated carbocycles. The summed E-state index contributed by atoms with van der Waals surface area (Å²) in [5, 5.41) is 0. The minimum atomic E-state index is -3.59. The molecule has 1 saturated heterocycles. The van der Waals surface area contributed by atoms with Crippen LogP contribution in [-0.2, 0) is 19.5 Å². The van der Waals surface area contributed by atoms with Crippen LogP contribution in [0.15, 0.2) is 29.2 Å². The van der Waals surface area contributed by atoms with Crippen LogP contribution in [0.3, 0.4) is 0 Å². The number of piperazine rings is 1. The number of hydrogen-bond acceptors (Lipinski definition) is 6. The number of nitrogens with zero attached hydrogens (tertiary/aromatic N) is 2. The van der Waals surface area contributed by atoms with Crippen LogP contribution in [0.5, 0.6) is 5.75 Å². The van der Waals surface area contributed by atoms with Gasteiger partial charge in [-0.1, -0.05) is 0 Å². The Labute approximate surface area is 148 Å². The van der Waals surface area contributed by atoms with E-state index in [0.29, 0.717) is 38.7 Å². The molecule has 1 aromatic carbocycles. The molecule has 140 valence electrons. The molecule has 0 N–H and O–H groups in total. The monoisotopic (exact) mass is 372 g/mol. The highest BCUT2D eigenvalue weighted by molar-refractivity contribution is 7.89. The van der Waals surface area contributed by atoms with Crippen LogP contribution in [0.1, 0.15) is 6.92 Å². The van der Waals surface area contributed by atoms with Gasteiger partial charge in [0, 0.05) is 33.3 Å². The molecular formula is C16H24N2O6S. The van der Waals surface area contributed by atoms with Crippen LogP contribution >= 0.6 is 0 Å². The summed E-state index contributed by atoms with van der Waals surface area (Å²) in [5.74, 6) is 0.586. The highest BCUT2D eigenvalue weighted by Crippen LogP contribution is 2.21. The first kappa shape index (κ1) is 19.5. The van der Waals surface area contributed by atoms with Gasteiger partial charge in [-0.25, -0.2) is 13.2 Å². The van der Waals surface area contributed by atoms with E-state index in [1.807, 2.05) is 0 Å². The van der Waals surface area contributed by atoms with E-state index < -0.39 is 16.1 Å². The Balaban J connectivity index is 1.96. The molecule has 0 atom stereocenters. The van der Waals surface area contributed by atoms with Crippen LogP contribution in [0.4, 0.5) is 4.79 Å². The van der Waals surface area contributed by atoms with E-state index in [-0.39, 0.29) is 18.0 Å². The lowest BCUT2D eigenvalue weighted by Gasteiger charge is -2.33. The Morgan fingerprint density at radius 1 is 1.08 bits per heavy atom. The molecule has 0 aromatic heterocycles. The number of sulfonamides is 1. The van der Waals surface area contributed by atoms with Gasteiger partial charge in [-0.15, -0.1) is 0 Å². The van der Waals surface area contributed by atoms with E-state index >= 15 is 0 Å². The summed E-state index contributed by atoms with van der Waals surface area (Å²) in [6.07, 6.45) is -0.405. The lowest BCUT2D eigenvalue weighted by Crippen LogP contribution is -2.50. The number of ether oxygens (including phenoxy) is 3. The minimum Gasteiger partial charge on any atom is -0.491 e. The van der Waals surface area contributed by atoms with E-state index in [2.05, 4.69) is 0 Å². The van der Waals surface area contributed by atoms with Crippen molar-refractivity contribution in [2.24, 2.45) is 0 Å². The maximum absolute atomic E-state index is 12.7. The summed E-state index contributed by atoms with van der Waals surface area (Å²) in [4.78, 5) is 13.4. The standard InChI is InChI=1S/C16H24N2O6S/c1-3-23-16(19)17-8-10-18(11-9-17)25(20,21)15-6-4-14(5-7-15)24-13-12-22-2/h4-7H,3,8-13H2,1-2H3. The van der Waals surface area contributed by atoms with Crippen molar-refractivity contribution in [3.63, 3.8) is 0 Å². The average molecular weight is 372 g/mol. The van der Waals surface area contributed by atoms with E-state index in [1.165, 1.54) is 21.3 Å². The molecule has 1 heterocycles. The first-order chi connectivity index (χ1) is 12.0. The Morgan fingerprint density at radius 2 is 1.72 bits per heavy atom. The molecule has 25 heavy (non-hydrogen) atoms. The topological polar surface area (TPSA) is 85.4 Å². The van der Waals surface area contributed by atoms with Gasteiger partial charge in [-0.05, 0) is 31.2 Å². The Hall–Kier alpha value is -1.84. The fraction of sp³-hybridized carbons (Fsp3) is 0.562. The molecule has 2 rings (SSSR count). The second-order valence-electron chi connectivity index (χ2n) is 5.40. The molecule has 0 unspecified atom stereocenters. The van der Waals surface area contributed by atoms with Gasteiger partial charge in [0.25, 0.3) is 0 Å². The van der Waals surface area contributed by atoms with Crippen molar-refractivity contribution in [2.45, 2.75) is 11.8 Å². The normalized spacial score (nSPS) is 15.8. The average Bonchev–Trinajstić information content (AvgIpc) is 2.63. The van der Waals surface area contributed by atoms with E-state index in [1.54, 1.807) is 26.2 Å². The summed E-state index contributed by atoms with van der Waals surface area (Å²) >= 11 is 0. The number of benzene rings is 1. The summed E-state index contributed by atoms with van der Waals surface area (Å²) < 4.78 is 42.0. The molecule has 0 bridgehead atoms. The van der Waals surface area contributed by atoms with Crippen molar-refractivity contribution < 1.29 is 27.4 Å². The Kier molecular flexibility index (Phi) is 7.03. The van der Waals surface area contributed by atoms with Gasteiger partial charge >= 0.3 is 6.09 Å². The molecule has 1 aromatic rings. The summed E-state index contributed by atoms with van der Waals surface area (Å²) in [5.41, 5.74) is 0. The number of methoxy groups -OCH3 is 1. The predicted octanol–water partition coefficient (Wildman–Crippen LogP) is 1.17. The van der Waals surface area contributed by atoms with Crippen LogP contribution in [0.2, 0.25) is 0 Å². The van der Waals surface area contributed by atoms with Crippen molar-refractivity contribution >= 4 is 16.1 Å². The van der Waals surface area contributed by atoms with Gasteiger partial charge in [0.15, 0.2) is 0 Å². The van der Waals surface area contributed by atoms with E-state index in [0.717, 1.165) is 0 Å². The lowest BCUT2D eigenvalue weighted by molar-refractivity contribution is 0.0934. The SMILES string of the molecule is CCOC(=O)N1CCN(S(=O)(=O)c2ccc(OCCOC)cc2)CC1.